The smallest absolute Gasteiger partial charge is 0.367 e. The number of piperazine rings is 1. The summed E-state index contributed by atoms with van der Waals surface area (Å²) in [6, 6.07) is 7.76. The van der Waals surface area contributed by atoms with Crippen LogP contribution in [0.25, 0.3) is 0 Å². The van der Waals surface area contributed by atoms with Crippen molar-refractivity contribution >= 4 is 57.7 Å². The van der Waals surface area contributed by atoms with E-state index in [4.69, 9.17) is 11.6 Å². The zero-order chi connectivity index (χ0) is 29.7. The summed E-state index contributed by atoms with van der Waals surface area (Å²) < 4.78 is 52.6. The molecule has 0 bridgehead atoms. The zero-order valence-electron chi connectivity index (χ0n) is 21.6. The largest absolute Gasteiger partial charge is 0.390 e. The number of amides is 4. The molecule has 41 heavy (non-hydrogen) atoms. The second-order valence-electron chi connectivity index (χ2n) is 9.38. The van der Waals surface area contributed by atoms with Gasteiger partial charge in [-0.3, -0.25) is 24.2 Å². The first kappa shape index (κ1) is 30.6. The number of alkyl halides is 3. The van der Waals surface area contributed by atoms with Crippen molar-refractivity contribution in [1.82, 2.24) is 15.1 Å². The Morgan fingerprint density at radius 3 is 2.41 bits per heavy atom. The maximum atomic E-state index is 14.9. The van der Waals surface area contributed by atoms with Crippen LogP contribution in [0.1, 0.15) is 22.3 Å². The van der Waals surface area contributed by atoms with E-state index in [1.807, 2.05) is 4.90 Å². The molecule has 0 radical (unpaired) electrons. The first-order valence-electron chi connectivity index (χ1n) is 12.6. The summed E-state index contributed by atoms with van der Waals surface area (Å²) in [6.45, 7) is 1.45. The summed E-state index contributed by atoms with van der Waals surface area (Å²) in [5.74, 6) is -2.20. The Balaban J connectivity index is 1.37. The van der Waals surface area contributed by atoms with Crippen molar-refractivity contribution in [2.24, 2.45) is 0 Å². The summed E-state index contributed by atoms with van der Waals surface area (Å²) in [6.07, 6.45) is -5.11. The van der Waals surface area contributed by atoms with Gasteiger partial charge in [0.05, 0.1) is 23.4 Å². The van der Waals surface area contributed by atoms with E-state index < -0.39 is 41.4 Å². The van der Waals surface area contributed by atoms with Crippen LogP contribution in [0.2, 0.25) is 5.02 Å². The summed E-state index contributed by atoms with van der Waals surface area (Å²) in [4.78, 5) is 53.0. The second-order valence-corrected chi connectivity index (χ2v) is 10.9. The Morgan fingerprint density at radius 2 is 1.73 bits per heavy atom. The Hall–Kier alpha value is -3.36. The molecule has 9 nitrogen and oxygen atoms in total. The molecule has 15 heteroatoms. The number of carbonyl (C=O) groups is 4. The Bertz CT molecular complexity index is 1340. The summed E-state index contributed by atoms with van der Waals surface area (Å²) in [5.41, 5.74) is 0.989. The van der Waals surface area contributed by atoms with Crippen LogP contribution in [-0.4, -0.2) is 84.0 Å². The highest BCUT2D eigenvalue weighted by molar-refractivity contribution is 8.15. The average Bonchev–Trinajstić information content (AvgIpc) is 2.93. The van der Waals surface area contributed by atoms with E-state index in [9.17, 15) is 36.7 Å². The number of thioether (sulfide) groups is 1. The van der Waals surface area contributed by atoms with Crippen LogP contribution in [0, 0.1) is 5.82 Å². The lowest BCUT2D eigenvalue weighted by atomic mass is 10.1. The average molecular weight is 616 g/mol. The summed E-state index contributed by atoms with van der Waals surface area (Å²) in [5, 5.41) is 4.81. The van der Waals surface area contributed by atoms with Crippen molar-refractivity contribution in [3.05, 3.63) is 58.4 Å². The fraction of sp³-hybridized carbons (Fsp3) is 0.385. The third-order valence-corrected chi connectivity index (χ3v) is 7.63. The van der Waals surface area contributed by atoms with Crippen molar-refractivity contribution in [1.29, 1.82) is 0 Å². The highest BCUT2D eigenvalue weighted by atomic mass is 35.5. The number of hydrogen-bond acceptors (Lipinski definition) is 7. The molecule has 2 aromatic rings. The standard InChI is InChI=1S/C26H26ClF4N5O4S/c27-17-2-4-20(21(14-17)35-9-7-34(8-10-35)6-5-26(29,30)31)33-22(37)18-3-1-16(13-19(18)28)15-32-25(40)36-11-12-41-24(39)23(36)38/h1-4,13-14H,5-12,15H2,(H,32,40)(H,33,37). The third kappa shape index (κ3) is 8.11. The number of halogens is 5. The molecule has 2 N–H and O–H groups in total. The molecule has 2 heterocycles. The molecule has 4 amide bonds. The van der Waals surface area contributed by atoms with Crippen LogP contribution < -0.4 is 15.5 Å². The molecule has 0 spiro atoms. The number of anilines is 2. The van der Waals surface area contributed by atoms with E-state index in [-0.39, 0.29) is 25.2 Å². The quantitative estimate of drug-likeness (QED) is 0.357. The van der Waals surface area contributed by atoms with Crippen LogP contribution in [0.4, 0.5) is 33.7 Å². The van der Waals surface area contributed by atoms with Gasteiger partial charge in [0.15, 0.2) is 0 Å². The van der Waals surface area contributed by atoms with Gasteiger partial charge in [-0.2, -0.15) is 13.2 Å². The van der Waals surface area contributed by atoms with E-state index in [2.05, 4.69) is 10.6 Å². The minimum Gasteiger partial charge on any atom is -0.367 e. The third-order valence-electron chi connectivity index (χ3n) is 6.57. The predicted molar refractivity (Wildman–Crippen MR) is 147 cm³/mol. The van der Waals surface area contributed by atoms with Crippen LogP contribution in [-0.2, 0) is 16.1 Å². The lowest BCUT2D eigenvalue weighted by molar-refractivity contribution is -0.138. The fourth-order valence-corrected chi connectivity index (χ4v) is 5.24. The summed E-state index contributed by atoms with van der Waals surface area (Å²) >= 11 is 7.01. The van der Waals surface area contributed by atoms with Crippen molar-refractivity contribution in [3.8, 4) is 0 Å². The van der Waals surface area contributed by atoms with Crippen LogP contribution in [0.15, 0.2) is 36.4 Å². The molecule has 2 saturated heterocycles. The van der Waals surface area contributed by atoms with Gasteiger partial charge in [-0.1, -0.05) is 29.4 Å². The van der Waals surface area contributed by atoms with Gasteiger partial charge in [0, 0.05) is 56.6 Å². The Kier molecular flexibility index (Phi) is 9.76. The van der Waals surface area contributed by atoms with Gasteiger partial charge in [-0.25, -0.2) is 9.18 Å². The van der Waals surface area contributed by atoms with E-state index in [1.54, 1.807) is 23.1 Å². The molecule has 2 aliphatic heterocycles. The number of nitrogens with zero attached hydrogens (tertiary/aromatic N) is 3. The molecular weight excluding hydrogens is 590 g/mol. The van der Waals surface area contributed by atoms with Crippen LogP contribution >= 0.6 is 23.4 Å². The minimum absolute atomic E-state index is 0.0783. The number of nitrogens with one attached hydrogen (secondary N) is 2. The van der Waals surface area contributed by atoms with Gasteiger partial charge in [0.1, 0.15) is 5.82 Å². The first-order valence-corrected chi connectivity index (χ1v) is 14.0. The molecule has 0 aliphatic carbocycles. The number of benzene rings is 2. The number of rotatable bonds is 7. The molecular formula is C26H26ClF4N5O4S. The van der Waals surface area contributed by atoms with Gasteiger partial charge in [-0.15, -0.1) is 0 Å². The molecule has 2 aromatic carbocycles. The van der Waals surface area contributed by atoms with Crippen molar-refractivity contribution in [2.75, 3.05) is 55.2 Å². The predicted octanol–water partition coefficient (Wildman–Crippen LogP) is 4.12. The van der Waals surface area contributed by atoms with Crippen molar-refractivity contribution < 1.29 is 36.7 Å². The summed E-state index contributed by atoms with van der Waals surface area (Å²) in [7, 11) is 0. The van der Waals surface area contributed by atoms with Crippen molar-refractivity contribution in [3.63, 3.8) is 0 Å². The lowest BCUT2D eigenvalue weighted by Gasteiger charge is -2.37. The first-order chi connectivity index (χ1) is 19.4. The SMILES string of the molecule is O=C1SCCN(C(=O)NCc2ccc(C(=O)Nc3ccc(Cl)cc3N3CCN(CCC(F)(F)F)CC3)c(F)c2)C1=O. The molecule has 0 saturated carbocycles. The van der Waals surface area contributed by atoms with Gasteiger partial charge in [0.2, 0.25) is 0 Å². The monoisotopic (exact) mass is 615 g/mol. The van der Waals surface area contributed by atoms with E-state index in [1.165, 1.54) is 12.1 Å². The second kappa shape index (κ2) is 13.1. The molecule has 0 aromatic heterocycles. The maximum absolute atomic E-state index is 14.9. The number of hydrogen-bond donors (Lipinski definition) is 2. The lowest BCUT2D eigenvalue weighted by Crippen LogP contribution is -2.49. The molecule has 2 fully saturated rings. The Labute approximate surface area is 242 Å². The van der Waals surface area contributed by atoms with E-state index in [0.717, 1.165) is 22.7 Å². The topological polar surface area (TPSA) is 102 Å². The van der Waals surface area contributed by atoms with E-state index in [0.29, 0.717) is 53.9 Å². The van der Waals surface area contributed by atoms with Gasteiger partial charge in [-0.05, 0) is 35.9 Å². The highest BCUT2D eigenvalue weighted by Crippen LogP contribution is 2.31. The number of imide groups is 1. The van der Waals surface area contributed by atoms with E-state index >= 15 is 0 Å². The molecule has 0 unspecified atom stereocenters. The normalized spacial score (nSPS) is 16.6. The molecule has 0 atom stereocenters. The zero-order valence-corrected chi connectivity index (χ0v) is 23.2. The van der Waals surface area contributed by atoms with Crippen LogP contribution in [0.3, 0.4) is 0 Å². The maximum Gasteiger partial charge on any atom is 0.390 e. The van der Waals surface area contributed by atoms with Gasteiger partial charge < -0.3 is 15.5 Å². The fourth-order valence-electron chi connectivity index (χ4n) is 4.38. The van der Waals surface area contributed by atoms with Gasteiger partial charge >= 0.3 is 18.1 Å². The Morgan fingerprint density at radius 1 is 1.00 bits per heavy atom. The minimum atomic E-state index is -4.22. The highest BCUT2D eigenvalue weighted by Gasteiger charge is 2.32. The molecule has 220 valence electrons. The van der Waals surface area contributed by atoms with Gasteiger partial charge in [0.25, 0.3) is 11.0 Å². The number of carbonyl (C=O) groups excluding carboxylic acids is 4. The molecule has 4 rings (SSSR count). The number of urea groups is 1. The molecule has 2 aliphatic rings. The van der Waals surface area contributed by atoms with Crippen LogP contribution in [0.5, 0.6) is 0 Å². The van der Waals surface area contributed by atoms with Crippen molar-refractivity contribution in [2.45, 2.75) is 19.1 Å².